The van der Waals surface area contributed by atoms with E-state index in [9.17, 15) is 9.59 Å². The summed E-state index contributed by atoms with van der Waals surface area (Å²) >= 11 is 0. The van der Waals surface area contributed by atoms with Crippen molar-refractivity contribution in [2.75, 3.05) is 26.7 Å². The number of hydrogen-bond acceptors (Lipinski definition) is 4. The molecule has 5 nitrogen and oxygen atoms in total. The van der Waals surface area contributed by atoms with E-state index in [4.69, 9.17) is 0 Å². The molecular weight excluding hydrogens is 196 g/mol. The summed E-state index contributed by atoms with van der Waals surface area (Å²) in [5.41, 5.74) is 0. The topological polar surface area (TPSA) is 67.4 Å². The van der Waals surface area contributed by atoms with Crippen LogP contribution < -0.4 is 10.6 Å². The van der Waals surface area contributed by atoms with Crippen molar-refractivity contribution in [1.29, 1.82) is 0 Å². The van der Waals surface area contributed by atoms with Gasteiger partial charge in [-0.15, -0.1) is 0 Å². The van der Waals surface area contributed by atoms with Crippen LogP contribution in [0.25, 0.3) is 0 Å². The fraction of sp³-hybridized carbons (Fsp3) is 0.800. The first-order chi connectivity index (χ1) is 7.06. The molecule has 0 saturated heterocycles. The molecule has 0 spiro atoms. The van der Waals surface area contributed by atoms with Crippen LogP contribution in [0.1, 0.15) is 20.3 Å². The van der Waals surface area contributed by atoms with Gasteiger partial charge in [0.25, 0.3) is 0 Å². The van der Waals surface area contributed by atoms with Gasteiger partial charge in [0.15, 0.2) is 0 Å². The number of ether oxygens (including phenoxy) is 1. The van der Waals surface area contributed by atoms with Crippen molar-refractivity contribution < 1.29 is 14.3 Å². The number of rotatable bonds is 7. The van der Waals surface area contributed by atoms with Crippen LogP contribution in [0.2, 0.25) is 0 Å². The van der Waals surface area contributed by atoms with E-state index in [1.807, 2.05) is 13.8 Å². The summed E-state index contributed by atoms with van der Waals surface area (Å²) < 4.78 is 4.43. The van der Waals surface area contributed by atoms with Gasteiger partial charge in [0.1, 0.15) is 0 Å². The van der Waals surface area contributed by atoms with Gasteiger partial charge >= 0.3 is 5.97 Å². The highest BCUT2D eigenvalue weighted by Gasteiger charge is 2.03. The normalized spacial score (nSPS) is 10.1. The van der Waals surface area contributed by atoms with Crippen LogP contribution in [-0.4, -0.2) is 38.6 Å². The summed E-state index contributed by atoms with van der Waals surface area (Å²) in [5.74, 6) is 0.135. The Balaban J connectivity index is 3.35. The van der Waals surface area contributed by atoms with Crippen LogP contribution in [0.4, 0.5) is 0 Å². The Morgan fingerprint density at radius 1 is 1.33 bits per heavy atom. The van der Waals surface area contributed by atoms with Gasteiger partial charge in [0.2, 0.25) is 5.91 Å². The molecule has 0 fully saturated rings. The van der Waals surface area contributed by atoms with Gasteiger partial charge < -0.3 is 15.4 Å². The van der Waals surface area contributed by atoms with Crippen molar-refractivity contribution in [3.63, 3.8) is 0 Å². The van der Waals surface area contributed by atoms with Gasteiger partial charge in [-0.1, -0.05) is 13.8 Å². The summed E-state index contributed by atoms with van der Waals surface area (Å²) in [6.45, 7) is 5.40. The predicted octanol–water partition coefficient (Wildman–Crippen LogP) is -0.0887. The van der Waals surface area contributed by atoms with Gasteiger partial charge in [-0.2, -0.15) is 0 Å². The number of nitrogens with one attached hydrogen (secondary N) is 2. The van der Waals surface area contributed by atoms with Crippen LogP contribution in [0.5, 0.6) is 0 Å². The third kappa shape index (κ3) is 9.21. The lowest BCUT2D eigenvalue weighted by Gasteiger charge is -2.07. The van der Waals surface area contributed by atoms with Crippen molar-refractivity contribution in [2.24, 2.45) is 5.92 Å². The molecule has 1 amide bonds. The number of methoxy groups -OCH3 is 1. The lowest BCUT2D eigenvalue weighted by molar-refractivity contribution is -0.139. The zero-order valence-electron chi connectivity index (χ0n) is 9.63. The quantitative estimate of drug-likeness (QED) is 0.461. The monoisotopic (exact) mass is 216 g/mol. The maximum absolute atomic E-state index is 11.2. The first-order valence-electron chi connectivity index (χ1n) is 5.10. The Kier molecular flexibility index (Phi) is 7.62. The Morgan fingerprint density at radius 2 is 2.00 bits per heavy atom. The van der Waals surface area contributed by atoms with Crippen molar-refractivity contribution >= 4 is 11.9 Å². The molecule has 0 unspecified atom stereocenters. The molecule has 0 aliphatic rings. The van der Waals surface area contributed by atoms with Crippen LogP contribution in [0, 0.1) is 5.92 Å². The number of esters is 1. The average molecular weight is 216 g/mol. The van der Waals surface area contributed by atoms with Crippen LogP contribution in [0.3, 0.4) is 0 Å². The highest BCUT2D eigenvalue weighted by Crippen LogP contribution is 1.87. The smallest absolute Gasteiger partial charge is 0.319 e. The molecule has 0 aromatic heterocycles. The third-order valence-corrected chi connectivity index (χ3v) is 1.73. The molecule has 0 aromatic carbocycles. The fourth-order valence-electron chi connectivity index (χ4n) is 0.871. The third-order valence-electron chi connectivity index (χ3n) is 1.73. The summed E-state index contributed by atoms with van der Waals surface area (Å²) in [5, 5.41) is 5.61. The highest BCUT2D eigenvalue weighted by molar-refractivity contribution is 5.76. The minimum absolute atomic E-state index is 0.000987. The Hall–Kier alpha value is -1.10. The zero-order chi connectivity index (χ0) is 11.7. The minimum Gasteiger partial charge on any atom is -0.468 e. The van der Waals surface area contributed by atoms with E-state index >= 15 is 0 Å². The molecular formula is C10H20N2O3. The molecule has 5 heteroatoms. The van der Waals surface area contributed by atoms with Crippen molar-refractivity contribution in [2.45, 2.75) is 20.3 Å². The Bertz CT molecular complexity index is 205. The highest BCUT2D eigenvalue weighted by atomic mass is 16.5. The number of carbonyl (C=O) groups is 2. The molecule has 0 heterocycles. The van der Waals surface area contributed by atoms with Gasteiger partial charge in [0.05, 0.1) is 13.7 Å². The molecule has 88 valence electrons. The van der Waals surface area contributed by atoms with E-state index in [1.165, 1.54) is 7.11 Å². The molecule has 0 aromatic rings. The van der Waals surface area contributed by atoms with Gasteiger partial charge in [-0.3, -0.25) is 9.59 Å². The maximum atomic E-state index is 11.2. The Labute approximate surface area is 90.6 Å². The average Bonchev–Trinajstić information content (AvgIpc) is 2.21. The lowest BCUT2D eigenvalue weighted by Crippen LogP contribution is -2.32. The van der Waals surface area contributed by atoms with Crippen molar-refractivity contribution in [1.82, 2.24) is 10.6 Å². The molecule has 0 aliphatic carbocycles. The number of amides is 1. The van der Waals surface area contributed by atoms with Crippen LogP contribution >= 0.6 is 0 Å². The molecule has 0 radical (unpaired) electrons. The summed E-state index contributed by atoms with van der Waals surface area (Å²) in [6.07, 6.45) is 0.379. The Morgan fingerprint density at radius 3 is 2.53 bits per heavy atom. The molecule has 2 N–H and O–H groups in total. The number of carbonyl (C=O) groups excluding carboxylic acids is 2. The minimum atomic E-state index is -0.322. The molecule has 0 bridgehead atoms. The first-order valence-corrected chi connectivity index (χ1v) is 5.10. The largest absolute Gasteiger partial charge is 0.468 e. The van der Waals surface area contributed by atoms with E-state index in [1.54, 1.807) is 0 Å². The van der Waals surface area contributed by atoms with Crippen molar-refractivity contribution in [3.8, 4) is 0 Å². The molecule has 0 rings (SSSR count). The second-order valence-corrected chi connectivity index (χ2v) is 3.70. The molecule has 15 heavy (non-hydrogen) atoms. The molecule has 0 aliphatic heterocycles. The van der Waals surface area contributed by atoms with Gasteiger partial charge in [-0.05, 0) is 5.92 Å². The summed E-state index contributed by atoms with van der Waals surface area (Å²) in [4.78, 5) is 21.9. The summed E-state index contributed by atoms with van der Waals surface area (Å²) in [6, 6.07) is 0. The first kappa shape index (κ1) is 13.9. The predicted molar refractivity (Wildman–Crippen MR) is 57.4 cm³/mol. The second-order valence-electron chi connectivity index (χ2n) is 3.70. The maximum Gasteiger partial charge on any atom is 0.319 e. The van der Waals surface area contributed by atoms with Crippen LogP contribution in [-0.2, 0) is 14.3 Å². The molecule has 0 atom stereocenters. The van der Waals surface area contributed by atoms with E-state index in [2.05, 4.69) is 15.4 Å². The van der Waals surface area contributed by atoms with E-state index in [0.29, 0.717) is 25.4 Å². The van der Waals surface area contributed by atoms with E-state index in [0.717, 1.165) is 0 Å². The SMILES string of the molecule is COC(=O)CNCCC(=O)NCC(C)C. The second kappa shape index (κ2) is 8.23. The zero-order valence-corrected chi connectivity index (χ0v) is 9.63. The summed E-state index contributed by atoms with van der Waals surface area (Å²) in [7, 11) is 1.33. The van der Waals surface area contributed by atoms with E-state index < -0.39 is 0 Å². The van der Waals surface area contributed by atoms with Gasteiger partial charge in [0, 0.05) is 19.5 Å². The standard InChI is InChI=1S/C10H20N2O3/c1-8(2)6-12-9(13)4-5-11-7-10(14)15-3/h8,11H,4-7H2,1-3H3,(H,12,13). The van der Waals surface area contributed by atoms with Crippen LogP contribution in [0.15, 0.2) is 0 Å². The molecule has 0 saturated carbocycles. The van der Waals surface area contributed by atoms with Gasteiger partial charge in [-0.25, -0.2) is 0 Å². The lowest BCUT2D eigenvalue weighted by atomic mass is 10.2. The van der Waals surface area contributed by atoms with Crippen molar-refractivity contribution in [3.05, 3.63) is 0 Å². The fourth-order valence-corrected chi connectivity index (χ4v) is 0.871. The van der Waals surface area contributed by atoms with E-state index in [-0.39, 0.29) is 18.4 Å². The number of hydrogen-bond donors (Lipinski definition) is 2.